The van der Waals surface area contributed by atoms with Crippen molar-refractivity contribution >= 4 is 5.96 Å². The Balaban J connectivity index is 2.37. The van der Waals surface area contributed by atoms with E-state index in [-0.39, 0.29) is 11.7 Å². The van der Waals surface area contributed by atoms with Crippen molar-refractivity contribution in [3.05, 3.63) is 29.8 Å². The van der Waals surface area contributed by atoms with E-state index in [9.17, 15) is 0 Å². The highest BCUT2D eigenvalue weighted by Gasteiger charge is 1.92. The second-order valence-corrected chi connectivity index (χ2v) is 2.56. The Bertz CT molecular complexity index is 283. The van der Waals surface area contributed by atoms with E-state index in [0.29, 0.717) is 6.54 Å². The molecular weight excluding hydrogens is 168 g/mol. The topological polar surface area (TPSA) is 94.2 Å². The highest BCUT2D eigenvalue weighted by atomic mass is 16.3. The summed E-state index contributed by atoms with van der Waals surface area (Å²) in [4.78, 5) is 0. The smallest absolute Gasteiger partial charge is 0.200 e. The molecule has 0 heterocycles. The zero-order chi connectivity index (χ0) is 9.68. The average Bonchev–Trinajstić information content (AvgIpc) is 2.08. The van der Waals surface area contributed by atoms with E-state index < -0.39 is 0 Å². The number of hydrogen-bond donors (Lipinski definition) is 5. The SMILES string of the molecule is N=C(N)NNCc1ccc(O)cc1. The highest BCUT2D eigenvalue weighted by Crippen LogP contribution is 2.08. The van der Waals surface area contributed by atoms with Gasteiger partial charge in [-0.15, -0.1) is 0 Å². The van der Waals surface area contributed by atoms with Crippen molar-refractivity contribution in [3.63, 3.8) is 0 Å². The molecule has 0 radical (unpaired) electrons. The number of hydrazine groups is 1. The zero-order valence-electron chi connectivity index (χ0n) is 7.04. The minimum Gasteiger partial charge on any atom is -0.508 e. The maximum absolute atomic E-state index is 8.98. The third-order valence-corrected chi connectivity index (χ3v) is 1.45. The van der Waals surface area contributed by atoms with Crippen LogP contribution >= 0.6 is 0 Å². The van der Waals surface area contributed by atoms with E-state index >= 15 is 0 Å². The van der Waals surface area contributed by atoms with E-state index in [4.69, 9.17) is 16.2 Å². The molecule has 0 unspecified atom stereocenters. The molecule has 0 amide bonds. The lowest BCUT2D eigenvalue weighted by Gasteiger charge is -2.05. The maximum atomic E-state index is 8.98. The van der Waals surface area contributed by atoms with Crippen LogP contribution in [0.2, 0.25) is 0 Å². The van der Waals surface area contributed by atoms with E-state index in [0.717, 1.165) is 5.56 Å². The Morgan fingerprint density at radius 3 is 2.54 bits per heavy atom. The molecule has 0 saturated heterocycles. The van der Waals surface area contributed by atoms with Gasteiger partial charge in [-0.2, -0.15) is 0 Å². The molecule has 13 heavy (non-hydrogen) atoms. The standard InChI is InChI=1S/C8H12N4O/c9-8(10)12-11-5-6-1-3-7(13)4-2-6/h1-4,11,13H,5H2,(H4,9,10,12). The van der Waals surface area contributed by atoms with Crippen LogP contribution in [-0.2, 0) is 6.54 Å². The Kier molecular flexibility index (Phi) is 3.10. The van der Waals surface area contributed by atoms with Gasteiger partial charge < -0.3 is 10.8 Å². The molecule has 5 heteroatoms. The lowest BCUT2D eigenvalue weighted by Crippen LogP contribution is -2.41. The fourth-order valence-corrected chi connectivity index (χ4v) is 0.855. The summed E-state index contributed by atoms with van der Waals surface area (Å²) in [5, 5.41) is 15.8. The monoisotopic (exact) mass is 180 g/mol. The van der Waals surface area contributed by atoms with Gasteiger partial charge in [0.1, 0.15) is 5.75 Å². The summed E-state index contributed by atoms with van der Waals surface area (Å²) in [6.07, 6.45) is 0. The molecule has 1 aromatic carbocycles. The quantitative estimate of drug-likeness (QED) is 0.254. The molecule has 0 saturated carbocycles. The van der Waals surface area contributed by atoms with Crippen LogP contribution in [0.15, 0.2) is 24.3 Å². The van der Waals surface area contributed by atoms with Crippen molar-refractivity contribution in [2.24, 2.45) is 5.73 Å². The van der Waals surface area contributed by atoms with E-state index in [1.807, 2.05) is 0 Å². The van der Waals surface area contributed by atoms with Crippen molar-refractivity contribution in [1.29, 1.82) is 5.41 Å². The van der Waals surface area contributed by atoms with Crippen molar-refractivity contribution < 1.29 is 5.11 Å². The summed E-state index contributed by atoms with van der Waals surface area (Å²) in [6, 6.07) is 6.77. The molecule has 1 aromatic rings. The third kappa shape index (κ3) is 3.44. The van der Waals surface area contributed by atoms with Gasteiger partial charge in [-0.05, 0) is 17.7 Å². The van der Waals surface area contributed by atoms with Gasteiger partial charge in [-0.1, -0.05) is 12.1 Å². The minimum atomic E-state index is -0.126. The Morgan fingerprint density at radius 1 is 1.38 bits per heavy atom. The Morgan fingerprint density at radius 2 is 2.00 bits per heavy atom. The van der Waals surface area contributed by atoms with E-state index in [1.165, 1.54) is 0 Å². The van der Waals surface area contributed by atoms with Crippen LogP contribution in [0.1, 0.15) is 5.56 Å². The highest BCUT2D eigenvalue weighted by molar-refractivity contribution is 5.73. The van der Waals surface area contributed by atoms with Crippen molar-refractivity contribution in [1.82, 2.24) is 10.9 Å². The van der Waals surface area contributed by atoms with Gasteiger partial charge in [-0.3, -0.25) is 10.8 Å². The molecule has 0 bridgehead atoms. The van der Waals surface area contributed by atoms with E-state index in [2.05, 4.69) is 10.9 Å². The molecule has 0 fully saturated rings. The number of nitrogens with one attached hydrogen (secondary N) is 3. The number of benzene rings is 1. The number of guanidine groups is 1. The molecule has 0 aliphatic carbocycles. The molecule has 0 atom stereocenters. The van der Waals surface area contributed by atoms with Crippen molar-refractivity contribution in [2.45, 2.75) is 6.54 Å². The maximum Gasteiger partial charge on any atom is 0.200 e. The second kappa shape index (κ2) is 4.32. The molecular formula is C8H12N4O. The number of phenolic OH excluding ortho intramolecular Hbond substituents is 1. The fourth-order valence-electron chi connectivity index (χ4n) is 0.855. The average molecular weight is 180 g/mol. The molecule has 1 rings (SSSR count). The summed E-state index contributed by atoms with van der Waals surface area (Å²) < 4.78 is 0. The van der Waals surface area contributed by atoms with Crippen LogP contribution < -0.4 is 16.6 Å². The molecule has 0 spiro atoms. The first-order valence-corrected chi connectivity index (χ1v) is 3.79. The predicted molar refractivity (Wildman–Crippen MR) is 50.0 cm³/mol. The zero-order valence-corrected chi connectivity index (χ0v) is 7.04. The first-order valence-electron chi connectivity index (χ1n) is 3.79. The molecule has 0 aromatic heterocycles. The van der Waals surface area contributed by atoms with Crippen LogP contribution in [0.4, 0.5) is 0 Å². The van der Waals surface area contributed by atoms with Gasteiger partial charge in [0.2, 0.25) is 0 Å². The van der Waals surface area contributed by atoms with Crippen LogP contribution in [-0.4, -0.2) is 11.1 Å². The summed E-state index contributed by atoms with van der Waals surface area (Å²) >= 11 is 0. The summed E-state index contributed by atoms with van der Waals surface area (Å²) in [5.41, 5.74) is 11.2. The number of hydrogen-bond acceptors (Lipinski definition) is 3. The number of nitrogens with two attached hydrogens (primary N) is 1. The number of phenols is 1. The van der Waals surface area contributed by atoms with Gasteiger partial charge in [0.05, 0.1) is 0 Å². The number of aromatic hydroxyl groups is 1. The van der Waals surface area contributed by atoms with Crippen LogP contribution in [0.5, 0.6) is 5.75 Å². The van der Waals surface area contributed by atoms with Crippen molar-refractivity contribution in [2.75, 3.05) is 0 Å². The van der Waals surface area contributed by atoms with Gasteiger partial charge in [0.25, 0.3) is 0 Å². The van der Waals surface area contributed by atoms with Gasteiger partial charge in [-0.25, -0.2) is 5.43 Å². The van der Waals surface area contributed by atoms with Gasteiger partial charge in [0, 0.05) is 6.54 Å². The van der Waals surface area contributed by atoms with Gasteiger partial charge >= 0.3 is 0 Å². The van der Waals surface area contributed by atoms with Crippen molar-refractivity contribution in [3.8, 4) is 5.75 Å². The summed E-state index contributed by atoms with van der Waals surface area (Å²) in [5.74, 6) is 0.113. The first-order chi connectivity index (χ1) is 6.18. The number of rotatable bonds is 3. The molecule has 5 nitrogen and oxygen atoms in total. The Labute approximate surface area is 76.1 Å². The Hall–Kier alpha value is -1.75. The lowest BCUT2D eigenvalue weighted by atomic mass is 10.2. The summed E-state index contributed by atoms with van der Waals surface area (Å²) in [7, 11) is 0. The predicted octanol–water partition coefficient (Wildman–Crippen LogP) is -0.120. The first kappa shape index (κ1) is 9.34. The lowest BCUT2D eigenvalue weighted by molar-refractivity contribution is 0.475. The minimum absolute atomic E-state index is 0.126. The largest absolute Gasteiger partial charge is 0.508 e. The van der Waals surface area contributed by atoms with Crippen LogP contribution in [0.3, 0.4) is 0 Å². The molecule has 70 valence electrons. The molecule has 0 aliphatic heterocycles. The second-order valence-electron chi connectivity index (χ2n) is 2.56. The van der Waals surface area contributed by atoms with E-state index in [1.54, 1.807) is 24.3 Å². The normalized spacial score (nSPS) is 9.54. The summed E-state index contributed by atoms with van der Waals surface area (Å²) in [6.45, 7) is 0.542. The van der Waals surface area contributed by atoms with Gasteiger partial charge in [0.15, 0.2) is 5.96 Å². The van der Waals surface area contributed by atoms with Crippen LogP contribution in [0.25, 0.3) is 0 Å². The fraction of sp³-hybridized carbons (Fsp3) is 0.125. The molecule has 6 N–H and O–H groups in total. The van der Waals surface area contributed by atoms with Crippen LogP contribution in [0, 0.1) is 5.41 Å². The third-order valence-electron chi connectivity index (χ3n) is 1.45. The molecule has 0 aliphatic rings.